The maximum atomic E-state index is 13.1. The van der Waals surface area contributed by atoms with Crippen LogP contribution in [0.25, 0.3) is 11.2 Å². The molecule has 0 N–H and O–H groups in total. The van der Waals surface area contributed by atoms with Crippen molar-refractivity contribution < 1.29 is 17.9 Å². The number of hydrogen-bond acceptors (Lipinski definition) is 7. The Morgan fingerprint density at radius 3 is 2.56 bits per heavy atom. The number of anilines is 2. The normalized spacial score (nSPS) is 24.1. The van der Waals surface area contributed by atoms with Crippen LogP contribution in [0.2, 0.25) is 0 Å². The van der Waals surface area contributed by atoms with E-state index in [1.165, 1.54) is 6.20 Å². The summed E-state index contributed by atoms with van der Waals surface area (Å²) < 4.78 is 46.4. The van der Waals surface area contributed by atoms with Crippen LogP contribution >= 0.6 is 0 Å². The number of fused-ring (bicyclic) bond motifs is 1. The molecule has 6 rings (SSSR count). The molecular formula is C21H22F3N7O. The Balaban J connectivity index is 1.20. The minimum absolute atomic E-state index is 0.0281. The minimum atomic E-state index is -4.44. The maximum absolute atomic E-state index is 13.1. The van der Waals surface area contributed by atoms with Crippen LogP contribution in [0.3, 0.4) is 0 Å². The summed E-state index contributed by atoms with van der Waals surface area (Å²) in [7, 11) is 0. The average molecular weight is 445 g/mol. The molecule has 3 fully saturated rings. The Morgan fingerprint density at radius 1 is 1.03 bits per heavy atom. The van der Waals surface area contributed by atoms with E-state index in [4.69, 9.17) is 9.72 Å². The van der Waals surface area contributed by atoms with Crippen LogP contribution in [0.15, 0.2) is 30.7 Å². The molecule has 3 aromatic rings. The minimum Gasteiger partial charge on any atom is -0.377 e. The number of rotatable bonds is 3. The lowest BCUT2D eigenvalue weighted by atomic mass is 9.86. The number of alkyl halides is 3. The summed E-state index contributed by atoms with van der Waals surface area (Å²) in [6.45, 7) is 4.37. The predicted octanol–water partition coefficient (Wildman–Crippen LogP) is 2.92. The molecule has 0 amide bonds. The van der Waals surface area contributed by atoms with Crippen molar-refractivity contribution in [2.45, 2.75) is 25.1 Å². The van der Waals surface area contributed by atoms with Gasteiger partial charge in [0, 0.05) is 43.5 Å². The zero-order valence-corrected chi connectivity index (χ0v) is 17.3. The fourth-order valence-electron chi connectivity index (χ4n) is 4.99. The maximum Gasteiger partial charge on any atom is 0.433 e. The van der Waals surface area contributed by atoms with E-state index >= 15 is 0 Å². The number of aromatic nitrogens is 5. The summed E-state index contributed by atoms with van der Waals surface area (Å²) in [5.74, 6) is 0.818. The standard InChI is InChI=1S/C21H22F3N7O/c22-21(23,24)17-7-14(1-4-25-17)29-5-2-20(12-29)3-6-30(13-20)18-9-26-16-8-27-31(19(16)28-18)15-10-32-11-15/h1,4,7-9,15H,2-3,5-6,10-13H2. The highest BCUT2D eigenvalue weighted by molar-refractivity contribution is 5.71. The number of pyridine rings is 1. The van der Waals surface area contributed by atoms with Crippen molar-refractivity contribution in [1.29, 1.82) is 0 Å². The first-order chi connectivity index (χ1) is 15.4. The average Bonchev–Trinajstić information content (AvgIpc) is 3.46. The van der Waals surface area contributed by atoms with Gasteiger partial charge >= 0.3 is 6.18 Å². The van der Waals surface area contributed by atoms with Crippen LogP contribution in [-0.4, -0.2) is 64.1 Å². The highest BCUT2D eigenvalue weighted by Gasteiger charge is 2.44. The molecule has 0 saturated carbocycles. The number of ether oxygens (including phenoxy) is 1. The molecule has 3 aliphatic heterocycles. The summed E-state index contributed by atoms with van der Waals surface area (Å²) in [6.07, 6.45) is 2.22. The lowest BCUT2D eigenvalue weighted by molar-refractivity contribution is -0.141. The van der Waals surface area contributed by atoms with Crippen LogP contribution in [0.4, 0.5) is 24.7 Å². The first-order valence-electron chi connectivity index (χ1n) is 10.7. The van der Waals surface area contributed by atoms with Crippen LogP contribution < -0.4 is 9.80 Å². The highest BCUT2D eigenvalue weighted by atomic mass is 19.4. The van der Waals surface area contributed by atoms with E-state index in [0.29, 0.717) is 18.9 Å². The molecule has 0 bridgehead atoms. The topological polar surface area (TPSA) is 72.2 Å². The summed E-state index contributed by atoms with van der Waals surface area (Å²) >= 11 is 0. The number of halogens is 3. The largest absolute Gasteiger partial charge is 0.433 e. The van der Waals surface area contributed by atoms with Crippen LogP contribution in [0.1, 0.15) is 24.6 Å². The molecule has 0 aliphatic carbocycles. The van der Waals surface area contributed by atoms with E-state index in [9.17, 15) is 13.2 Å². The van der Waals surface area contributed by atoms with Gasteiger partial charge in [-0.15, -0.1) is 0 Å². The van der Waals surface area contributed by atoms with E-state index < -0.39 is 11.9 Å². The fraction of sp³-hybridized carbons (Fsp3) is 0.524. The van der Waals surface area contributed by atoms with Gasteiger partial charge in [0.15, 0.2) is 5.65 Å². The molecule has 1 atom stereocenters. The van der Waals surface area contributed by atoms with E-state index in [1.807, 2.05) is 9.58 Å². The van der Waals surface area contributed by atoms with Crippen molar-refractivity contribution in [2.75, 3.05) is 49.2 Å². The Morgan fingerprint density at radius 2 is 1.81 bits per heavy atom. The first-order valence-corrected chi connectivity index (χ1v) is 10.7. The van der Waals surface area contributed by atoms with Gasteiger partial charge in [-0.3, -0.25) is 4.98 Å². The third-order valence-corrected chi connectivity index (χ3v) is 6.86. The number of nitrogens with zero attached hydrogens (tertiary/aromatic N) is 7. The third kappa shape index (κ3) is 3.26. The molecule has 6 heterocycles. The van der Waals surface area contributed by atoms with E-state index in [-0.39, 0.29) is 11.5 Å². The van der Waals surface area contributed by atoms with E-state index in [2.05, 4.69) is 20.0 Å². The van der Waals surface area contributed by atoms with Gasteiger partial charge in [0.25, 0.3) is 0 Å². The first kappa shape index (κ1) is 19.7. The smallest absolute Gasteiger partial charge is 0.377 e. The van der Waals surface area contributed by atoms with Gasteiger partial charge in [0.1, 0.15) is 23.1 Å². The highest BCUT2D eigenvalue weighted by Crippen LogP contribution is 2.42. The summed E-state index contributed by atoms with van der Waals surface area (Å²) in [5.41, 5.74) is 1.29. The quantitative estimate of drug-likeness (QED) is 0.614. The molecule has 168 valence electrons. The van der Waals surface area contributed by atoms with Crippen LogP contribution in [0, 0.1) is 5.41 Å². The SMILES string of the molecule is FC(F)(F)c1cc(N2CCC3(CCN(c4cnc5cnn(C6COC6)c5n4)C3)C2)ccn1. The summed E-state index contributed by atoms with van der Waals surface area (Å²) in [4.78, 5) is 17.2. The molecule has 1 unspecified atom stereocenters. The Kier molecular flexibility index (Phi) is 4.33. The van der Waals surface area contributed by atoms with Crippen LogP contribution in [0.5, 0.6) is 0 Å². The Bertz CT molecular complexity index is 1160. The van der Waals surface area contributed by atoms with Gasteiger partial charge < -0.3 is 14.5 Å². The van der Waals surface area contributed by atoms with Crippen molar-refractivity contribution in [3.8, 4) is 0 Å². The molecule has 3 aromatic heterocycles. The lowest BCUT2D eigenvalue weighted by Crippen LogP contribution is -2.32. The van der Waals surface area contributed by atoms with Gasteiger partial charge in [-0.25, -0.2) is 14.6 Å². The van der Waals surface area contributed by atoms with Gasteiger partial charge in [-0.1, -0.05) is 0 Å². The van der Waals surface area contributed by atoms with Gasteiger partial charge in [-0.2, -0.15) is 18.3 Å². The zero-order valence-electron chi connectivity index (χ0n) is 17.3. The van der Waals surface area contributed by atoms with Gasteiger partial charge in [-0.05, 0) is 25.0 Å². The van der Waals surface area contributed by atoms with E-state index in [1.54, 1.807) is 18.5 Å². The van der Waals surface area contributed by atoms with E-state index in [0.717, 1.165) is 62.1 Å². The van der Waals surface area contributed by atoms with Crippen molar-refractivity contribution in [2.24, 2.45) is 5.41 Å². The molecule has 8 nitrogen and oxygen atoms in total. The van der Waals surface area contributed by atoms with Gasteiger partial charge in [0.2, 0.25) is 0 Å². The molecule has 3 saturated heterocycles. The number of hydrogen-bond donors (Lipinski definition) is 0. The molecule has 1 spiro atoms. The molecule has 32 heavy (non-hydrogen) atoms. The monoisotopic (exact) mass is 445 g/mol. The van der Waals surface area contributed by atoms with Crippen molar-refractivity contribution in [3.05, 3.63) is 36.4 Å². The Labute approximate surface area is 182 Å². The second-order valence-electron chi connectivity index (χ2n) is 8.96. The molecule has 0 radical (unpaired) electrons. The van der Waals surface area contributed by atoms with Crippen molar-refractivity contribution >= 4 is 22.7 Å². The summed E-state index contributed by atoms with van der Waals surface area (Å²) in [5, 5.41) is 4.43. The van der Waals surface area contributed by atoms with Gasteiger partial charge in [0.05, 0.1) is 25.6 Å². The van der Waals surface area contributed by atoms with Crippen molar-refractivity contribution in [1.82, 2.24) is 24.7 Å². The molecule has 0 aromatic carbocycles. The lowest BCUT2D eigenvalue weighted by Gasteiger charge is -2.27. The second-order valence-corrected chi connectivity index (χ2v) is 8.96. The molecule has 11 heteroatoms. The zero-order chi connectivity index (χ0) is 21.9. The molecule has 3 aliphatic rings. The summed E-state index contributed by atoms with van der Waals surface area (Å²) in [6, 6.07) is 3.01. The third-order valence-electron chi connectivity index (χ3n) is 6.86. The molecular weight excluding hydrogens is 423 g/mol. The van der Waals surface area contributed by atoms with Crippen LogP contribution in [-0.2, 0) is 10.9 Å². The fourth-order valence-corrected chi connectivity index (χ4v) is 4.99. The van der Waals surface area contributed by atoms with Crippen molar-refractivity contribution in [3.63, 3.8) is 0 Å². The Hall–Kier alpha value is -2.95. The predicted molar refractivity (Wildman–Crippen MR) is 111 cm³/mol. The second kappa shape index (κ2) is 7.03.